The molecule has 2 amide bonds. The number of halogens is 1. The molecule has 20 heavy (non-hydrogen) atoms. The van der Waals surface area contributed by atoms with Crippen LogP contribution >= 0.6 is 22.9 Å². The van der Waals surface area contributed by atoms with Crippen LogP contribution in [0.25, 0.3) is 0 Å². The zero-order chi connectivity index (χ0) is 15.1. The molecule has 0 radical (unpaired) electrons. The number of nitrogens with one attached hydrogen (secondary N) is 1. The van der Waals surface area contributed by atoms with Crippen molar-refractivity contribution in [3.63, 3.8) is 0 Å². The van der Waals surface area contributed by atoms with Gasteiger partial charge in [-0.1, -0.05) is 13.3 Å². The second-order valence-electron chi connectivity index (χ2n) is 4.55. The molecule has 112 valence electrons. The van der Waals surface area contributed by atoms with Gasteiger partial charge in [-0.3, -0.25) is 9.59 Å². The number of alkyl halides is 1. The number of aromatic nitrogens is 1. The monoisotopic (exact) mass is 317 g/mol. The lowest BCUT2D eigenvalue weighted by molar-refractivity contribution is -0.134. The maximum Gasteiger partial charge on any atom is 0.245 e. The number of carbonyl (C=O) groups excluding carboxylic acids is 2. The summed E-state index contributed by atoms with van der Waals surface area (Å²) in [4.78, 5) is 30.5. The number of aryl methyl sites for hydroxylation is 1. The number of anilines is 1. The quantitative estimate of drug-likeness (QED) is 0.786. The molecule has 0 aliphatic heterocycles. The number of hydrogen-bond acceptors (Lipinski definition) is 4. The first-order valence-electron chi connectivity index (χ1n) is 6.59. The molecule has 0 aliphatic rings. The van der Waals surface area contributed by atoms with Crippen molar-refractivity contribution in [3.05, 3.63) is 11.1 Å². The van der Waals surface area contributed by atoms with E-state index in [1.165, 1.54) is 16.2 Å². The summed E-state index contributed by atoms with van der Waals surface area (Å²) < 4.78 is 0. The fourth-order valence-corrected chi connectivity index (χ4v) is 2.43. The average molecular weight is 318 g/mol. The van der Waals surface area contributed by atoms with Crippen LogP contribution in [0, 0.1) is 6.92 Å². The van der Waals surface area contributed by atoms with E-state index in [1.807, 2.05) is 13.8 Å². The van der Waals surface area contributed by atoms with Crippen molar-refractivity contribution in [2.75, 3.05) is 18.4 Å². The SMILES string of the molecule is CCCCN(CC(=O)Nc1ncc(C)s1)C(=O)C(C)Cl. The van der Waals surface area contributed by atoms with Crippen LogP contribution in [0.3, 0.4) is 0 Å². The van der Waals surface area contributed by atoms with Crippen molar-refractivity contribution in [2.24, 2.45) is 0 Å². The smallest absolute Gasteiger partial charge is 0.245 e. The standard InChI is InChI=1S/C13H20ClN3O2S/c1-4-5-6-17(12(19)10(3)14)8-11(18)16-13-15-7-9(2)20-13/h7,10H,4-6,8H2,1-3H3,(H,15,16,18). The maximum absolute atomic E-state index is 11.9. The molecule has 0 fully saturated rings. The van der Waals surface area contributed by atoms with Crippen molar-refractivity contribution in [2.45, 2.75) is 39.0 Å². The summed E-state index contributed by atoms with van der Waals surface area (Å²) >= 11 is 7.22. The summed E-state index contributed by atoms with van der Waals surface area (Å²) in [5.74, 6) is -0.466. The Labute approximate surface area is 128 Å². The highest BCUT2D eigenvalue weighted by molar-refractivity contribution is 7.15. The van der Waals surface area contributed by atoms with E-state index >= 15 is 0 Å². The third kappa shape index (κ3) is 5.46. The highest BCUT2D eigenvalue weighted by atomic mass is 35.5. The molecule has 1 N–H and O–H groups in total. The molecule has 0 bridgehead atoms. The van der Waals surface area contributed by atoms with Gasteiger partial charge in [0.05, 0.1) is 6.54 Å². The fraction of sp³-hybridized carbons (Fsp3) is 0.615. The number of unbranched alkanes of at least 4 members (excludes halogenated alkanes) is 1. The summed E-state index contributed by atoms with van der Waals surface area (Å²) in [5.41, 5.74) is 0. The predicted octanol–water partition coefficient (Wildman–Crippen LogP) is 2.65. The van der Waals surface area contributed by atoms with Crippen LogP contribution in [-0.4, -0.2) is 40.2 Å². The van der Waals surface area contributed by atoms with Crippen LogP contribution < -0.4 is 5.32 Å². The zero-order valence-corrected chi connectivity index (χ0v) is 13.6. The second kappa shape index (κ2) is 8.21. The number of thiazole rings is 1. The number of rotatable bonds is 7. The largest absolute Gasteiger partial charge is 0.332 e. The Balaban J connectivity index is 2.59. The van der Waals surface area contributed by atoms with Gasteiger partial charge in [0.2, 0.25) is 11.8 Å². The number of nitrogens with zero attached hydrogens (tertiary/aromatic N) is 2. The van der Waals surface area contributed by atoms with Crippen molar-refractivity contribution in [1.29, 1.82) is 0 Å². The van der Waals surface area contributed by atoms with E-state index < -0.39 is 5.38 Å². The van der Waals surface area contributed by atoms with E-state index in [0.29, 0.717) is 11.7 Å². The van der Waals surface area contributed by atoms with Crippen LogP contribution in [0.5, 0.6) is 0 Å². The van der Waals surface area contributed by atoms with Gasteiger partial charge in [0, 0.05) is 17.6 Å². The molecule has 1 unspecified atom stereocenters. The molecule has 0 aliphatic carbocycles. The molecule has 1 aromatic heterocycles. The van der Waals surface area contributed by atoms with Crippen LogP contribution in [-0.2, 0) is 9.59 Å². The van der Waals surface area contributed by atoms with Gasteiger partial charge in [-0.2, -0.15) is 0 Å². The molecule has 1 atom stereocenters. The molecule has 7 heteroatoms. The minimum atomic E-state index is -0.623. The summed E-state index contributed by atoms with van der Waals surface area (Å²) in [6.45, 7) is 6.11. The molecule has 0 aromatic carbocycles. The van der Waals surface area contributed by atoms with Crippen molar-refractivity contribution in [3.8, 4) is 0 Å². The topological polar surface area (TPSA) is 62.3 Å². The highest BCUT2D eigenvalue weighted by Crippen LogP contribution is 2.16. The Hall–Kier alpha value is -1.14. The maximum atomic E-state index is 11.9. The summed E-state index contributed by atoms with van der Waals surface area (Å²) in [6.07, 6.45) is 3.49. The van der Waals surface area contributed by atoms with E-state index in [4.69, 9.17) is 11.6 Å². The fourth-order valence-electron chi connectivity index (χ4n) is 1.61. The van der Waals surface area contributed by atoms with Gasteiger partial charge in [-0.25, -0.2) is 4.98 Å². The van der Waals surface area contributed by atoms with E-state index in [2.05, 4.69) is 10.3 Å². The Bertz CT molecular complexity index is 462. The first kappa shape index (κ1) is 16.9. The van der Waals surface area contributed by atoms with Crippen molar-refractivity contribution < 1.29 is 9.59 Å². The molecule has 0 spiro atoms. The Morgan fingerprint density at radius 2 is 2.25 bits per heavy atom. The first-order chi connectivity index (χ1) is 9.43. The lowest BCUT2D eigenvalue weighted by atomic mass is 10.3. The zero-order valence-electron chi connectivity index (χ0n) is 12.0. The minimum Gasteiger partial charge on any atom is -0.332 e. The van der Waals surface area contributed by atoms with Crippen LogP contribution in [0.2, 0.25) is 0 Å². The number of amides is 2. The third-order valence-electron chi connectivity index (χ3n) is 2.64. The van der Waals surface area contributed by atoms with E-state index in [-0.39, 0.29) is 18.4 Å². The van der Waals surface area contributed by atoms with Gasteiger partial charge < -0.3 is 10.2 Å². The van der Waals surface area contributed by atoms with Gasteiger partial charge in [-0.15, -0.1) is 22.9 Å². The highest BCUT2D eigenvalue weighted by Gasteiger charge is 2.21. The molecular formula is C13H20ClN3O2S. The van der Waals surface area contributed by atoms with Crippen molar-refractivity contribution in [1.82, 2.24) is 9.88 Å². The minimum absolute atomic E-state index is 0.00845. The van der Waals surface area contributed by atoms with Gasteiger partial charge in [0.15, 0.2) is 5.13 Å². The van der Waals surface area contributed by atoms with Gasteiger partial charge >= 0.3 is 0 Å². The Kier molecular flexibility index (Phi) is 6.95. The van der Waals surface area contributed by atoms with E-state index in [9.17, 15) is 9.59 Å². The number of carbonyl (C=O) groups is 2. The normalized spacial score (nSPS) is 12.0. The number of hydrogen-bond donors (Lipinski definition) is 1. The summed E-state index contributed by atoms with van der Waals surface area (Å²) in [7, 11) is 0. The predicted molar refractivity (Wildman–Crippen MR) is 82.3 cm³/mol. The molecule has 0 saturated carbocycles. The molecule has 5 nitrogen and oxygen atoms in total. The van der Waals surface area contributed by atoms with E-state index in [1.54, 1.807) is 13.1 Å². The Morgan fingerprint density at radius 1 is 1.55 bits per heavy atom. The van der Waals surface area contributed by atoms with Crippen LogP contribution in [0.1, 0.15) is 31.6 Å². The molecular weight excluding hydrogens is 298 g/mol. The van der Waals surface area contributed by atoms with Crippen LogP contribution in [0.4, 0.5) is 5.13 Å². The summed E-state index contributed by atoms with van der Waals surface area (Å²) in [6, 6.07) is 0. The molecule has 1 rings (SSSR count). The van der Waals surface area contributed by atoms with Gasteiger partial charge in [-0.05, 0) is 20.3 Å². The van der Waals surface area contributed by atoms with Gasteiger partial charge in [0.25, 0.3) is 0 Å². The third-order valence-corrected chi connectivity index (χ3v) is 3.65. The molecule has 0 saturated heterocycles. The molecule has 1 aromatic rings. The first-order valence-corrected chi connectivity index (χ1v) is 7.84. The summed E-state index contributed by atoms with van der Waals surface area (Å²) in [5, 5.41) is 2.62. The van der Waals surface area contributed by atoms with Crippen LogP contribution in [0.15, 0.2) is 6.20 Å². The lowest BCUT2D eigenvalue weighted by Gasteiger charge is -2.22. The Morgan fingerprint density at radius 3 is 2.75 bits per heavy atom. The van der Waals surface area contributed by atoms with Crippen molar-refractivity contribution >= 4 is 39.9 Å². The molecule has 1 heterocycles. The average Bonchev–Trinajstić information content (AvgIpc) is 2.78. The second-order valence-corrected chi connectivity index (χ2v) is 6.44. The van der Waals surface area contributed by atoms with Gasteiger partial charge in [0.1, 0.15) is 5.38 Å². The van der Waals surface area contributed by atoms with E-state index in [0.717, 1.165) is 17.7 Å². The lowest BCUT2D eigenvalue weighted by Crippen LogP contribution is -2.41.